The quantitative estimate of drug-likeness (QED) is 0.163. The highest BCUT2D eigenvalue weighted by Gasteiger charge is 2.67. The van der Waals surface area contributed by atoms with Gasteiger partial charge in [-0.05, 0) is 60.5 Å². The summed E-state index contributed by atoms with van der Waals surface area (Å²) in [5.74, 6) is -1.22. The van der Waals surface area contributed by atoms with Crippen LogP contribution in [0.5, 0.6) is 0 Å². The molecule has 0 saturated carbocycles. The third-order valence-corrected chi connectivity index (χ3v) is 13.8. The normalized spacial score (nSPS) is 24.1. The van der Waals surface area contributed by atoms with Gasteiger partial charge < -0.3 is 23.8 Å². The van der Waals surface area contributed by atoms with Crippen molar-refractivity contribution in [3.8, 4) is 5.69 Å². The lowest BCUT2D eigenvalue weighted by Crippen LogP contribution is -2.48. The van der Waals surface area contributed by atoms with Crippen LogP contribution in [0.4, 0.5) is 9.80 Å². The van der Waals surface area contributed by atoms with E-state index in [2.05, 4.69) is 5.10 Å². The summed E-state index contributed by atoms with van der Waals surface area (Å²) in [7, 11) is -3.59. The first-order valence-corrected chi connectivity index (χ1v) is 20.8. The third-order valence-electron chi connectivity index (χ3n) is 11.3. The molecule has 3 aliphatic rings. The van der Waals surface area contributed by atoms with Gasteiger partial charge in [0.25, 0.3) is 11.5 Å². The molecule has 1 fully saturated rings. The molecular formula is C41H41FN4O5Si. The van der Waals surface area contributed by atoms with Gasteiger partial charge in [-0.2, -0.15) is 9.78 Å². The molecule has 1 saturated heterocycles. The lowest BCUT2D eigenvalue weighted by molar-refractivity contribution is -0.151. The zero-order chi connectivity index (χ0) is 36.4. The molecule has 8 rings (SSSR count). The molecule has 5 atom stereocenters. The van der Waals surface area contributed by atoms with Gasteiger partial charge >= 0.3 is 0 Å². The van der Waals surface area contributed by atoms with Crippen LogP contribution in [0.2, 0.25) is 18.6 Å². The van der Waals surface area contributed by atoms with Crippen molar-refractivity contribution in [1.29, 1.82) is 0 Å². The van der Waals surface area contributed by atoms with Crippen molar-refractivity contribution in [3.05, 3.63) is 136 Å². The summed E-state index contributed by atoms with van der Waals surface area (Å²) in [5, 5.41) is 16.0. The first-order chi connectivity index (χ1) is 25.0. The second-order valence-corrected chi connectivity index (χ2v) is 18.6. The van der Waals surface area contributed by atoms with E-state index in [1.54, 1.807) is 53.4 Å². The summed E-state index contributed by atoms with van der Waals surface area (Å²) in [6.07, 6.45) is 1.11. The molecule has 1 aromatic heterocycles. The maximum atomic E-state index is 16.7. The highest BCUT2D eigenvalue weighted by atomic mass is 28.4. The number of hydrogen-bond donors (Lipinski definition) is 1. The third kappa shape index (κ3) is 5.50. The summed E-state index contributed by atoms with van der Waals surface area (Å²) >= 11 is 0. The minimum absolute atomic E-state index is 0.136. The minimum Gasteiger partial charge on any atom is -0.394 e. The van der Waals surface area contributed by atoms with Crippen LogP contribution in [0.15, 0.2) is 108 Å². The Hall–Kier alpha value is -4.97. The van der Waals surface area contributed by atoms with Gasteiger partial charge in [-0.25, -0.2) is 0 Å². The van der Waals surface area contributed by atoms with Crippen LogP contribution in [0.1, 0.15) is 35.6 Å². The SMILES string of the molecule is C[C@H]1[C@H]([Si](C)(C)F)[C@@H](CC(=O)N2Cc3ccccc3C[C@H]2CO)O[C@]12C(=O)N(Cc1ccccc1)c1ccc(-n3ncc4ccccc4c3=O)cc12. The first kappa shape index (κ1) is 34.1. The Kier molecular flexibility index (Phi) is 8.47. The topological polar surface area (TPSA) is 105 Å². The monoisotopic (exact) mass is 716 g/mol. The number of nitrogens with zero attached hydrogens (tertiary/aromatic N) is 4. The van der Waals surface area contributed by atoms with Crippen LogP contribution >= 0.6 is 0 Å². The number of amides is 2. The van der Waals surface area contributed by atoms with Gasteiger partial charge in [0.1, 0.15) is 0 Å². The molecule has 11 heteroatoms. The van der Waals surface area contributed by atoms with E-state index in [0.29, 0.717) is 40.7 Å². The van der Waals surface area contributed by atoms with E-state index < -0.39 is 37.6 Å². The predicted octanol–water partition coefficient (Wildman–Crippen LogP) is 6.04. The number of ether oxygens (including phenoxy) is 1. The van der Waals surface area contributed by atoms with Gasteiger partial charge in [-0.3, -0.25) is 14.4 Å². The molecule has 0 unspecified atom stereocenters. The fourth-order valence-corrected chi connectivity index (χ4v) is 11.4. The van der Waals surface area contributed by atoms with E-state index in [1.807, 2.05) is 79.7 Å². The molecular weight excluding hydrogens is 676 g/mol. The van der Waals surface area contributed by atoms with Crippen LogP contribution in [-0.4, -0.2) is 58.8 Å². The van der Waals surface area contributed by atoms with Gasteiger partial charge in [-0.1, -0.05) is 79.7 Å². The van der Waals surface area contributed by atoms with E-state index in [4.69, 9.17) is 4.74 Å². The van der Waals surface area contributed by atoms with Gasteiger partial charge in [0.15, 0.2) is 5.60 Å². The van der Waals surface area contributed by atoms with Gasteiger partial charge in [0.2, 0.25) is 14.3 Å². The smallest absolute Gasteiger partial charge is 0.279 e. The van der Waals surface area contributed by atoms with E-state index in [1.165, 1.54) is 4.68 Å². The standard InChI is InChI=1S/C41H41FN4O5Si/c1-26-38(52(2,3)42)36(21-37(48)44-24-30-15-8-7-13-28(30)19-32(44)25-47)51-41(26)34-20-31(46-39(49)33-16-10-9-14-29(33)22-43-46)17-18-35(34)45(40(41)50)23-27-11-5-4-6-12-27/h4-18,20,22,26,32,36,38,47H,19,21,23-25H2,1-3H3/t26-,32-,36+,38-,41+/m0/s1. The largest absolute Gasteiger partial charge is 0.394 e. The lowest BCUT2D eigenvalue weighted by atomic mass is 9.82. The Labute approximate surface area is 302 Å². The van der Waals surface area contributed by atoms with Crippen molar-refractivity contribution in [1.82, 2.24) is 14.7 Å². The maximum absolute atomic E-state index is 16.7. The average Bonchev–Trinajstić information content (AvgIpc) is 3.57. The molecule has 4 heterocycles. The number of aromatic nitrogens is 2. The molecule has 5 aromatic rings. The Bertz CT molecular complexity index is 2260. The number of hydrogen-bond acceptors (Lipinski definition) is 6. The highest BCUT2D eigenvalue weighted by Crippen LogP contribution is 2.60. The number of carbonyl (C=O) groups is 2. The van der Waals surface area contributed by atoms with Crippen LogP contribution < -0.4 is 10.5 Å². The molecule has 4 aromatic carbocycles. The van der Waals surface area contributed by atoms with Crippen molar-refractivity contribution < 1.29 is 23.5 Å². The Morgan fingerprint density at radius 1 is 0.981 bits per heavy atom. The number of benzene rings is 4. The van der Waals surface area contributed by atoms with Crippen LogP contribution in [-0.2, 0) is 39.4 Å². The highest BCUT2D eigenvalue weighted by molar-refractivity contribution is 6.72. The minimum atomic E-state index is -3.59. The second-order valence-electron chi connectivity index (χ2n) is 14.8. The molecule has 9 nitrogen and oxygen atoms in total. The summed E-state index contributed by atoms with van der Waals surface area (Å²) in [6.45, 7) is 5.46. The molecule has 0 aliphatic carbocycles. The van der Waals surface area contributed by atoms with Crippen molar-refractivity contribution >= 4 is 36.7 Å². The van der Waals surface area contributed by atoms with Crippen molar-refractivity contribution in [2.45, 2.75) is 69.2 Å². The zero-order valence-electron chi connectivity index (χ0n) is 29.4. The number of aliphatic hydroxyl groups is 1. The van der Waals surface area contributed by atoms with E-state index >= 15 is 8.90 Å². The van der Waals surface area contributed by atoms with Gasteiger partial charge in [-0.15, -0.1) is 0 Å². The van der Waals surface area contributed by atoms with Crippen molar-refractivity contribution in [2.24, 2.45) is 5.92 Å². The first-order valence-electron chi connectivity index (χ1n) is 17.8. The zero-order valence-corrected chi connectivity index (χ0v) is 30.4. The Morgan fingerprint density at radius 2 is 1.69 bits per heavy atom. The molecule has 3 aliphatic heterocycles. The number of fused-ring (bicyclic) bond motifs is 4. The average molecular weight is 717 g/mol. The van der Waals surface area contributed by atoms with E-state index in [-0.39, 0.29) is 36.9 Å². The fourth-order valence-electron chi connectivity index (χ4n) is 8.90. The summed E-state index contributed by atoms with van der Waals surface area (Å²) in [6, 6.07) is 29.7. The summed E-state index contributed by atoms with van der Waals surface area (Å²) in [4.78, 5) is 46.3. The molecule has 1 spiro atoms. The van der Waals surface area contributed by atoms with Crippen molar-refractivity contribution in [2.75, 3.05) is 11.5 Å². The van der Waals surface area contributed by atoms with Gasteiger partial charge in [0, 0.05) is 29.0 Å². The lowest BCUT2D eigenvalue weighted by Gasteiger charge is -2.37. The second kappa shape index (κ2) is 12.9. The Balaban J connectivity index is 1.22. The summed E-state index contributed by atoms with van der Waals surface area (Å²) < 4.78 is 24.9. The molecule has 1 N–H and O–H groups in total. The fraction of sp³-hybridized carbons (Fsp3) is 0.317. The number of anilines is 1. The molecule has 266 valence electrons. The molecule has 52 heavy (non-hydrogen) atoms. The van der Waals surface area contributed by atoms with Crippen LogP contribution in [0, 0.1) is 5.92 Å². The van der Waals surface area contributed by atoms with E-state index in [0.717, 1.165) is 16.7 Å². The van der Waals surface area contributed by atoms with Crippen molar-refractivity contribution in [3.63, 3.8) is 0 Å². The Morgan fingerprint density at radius 3 is 2.44 bits per heavy atom. The summed E-state index contributed by atoms with van der Waals surface area (Å²) in [5.41, 5.74) is 1.96. The number of halogens is 1. The molecule has 2 amide bonds. The number of aliphatic hydroxyl groups excluding tert-OH is 1. The van der Waals surface area contributed by atoms with Gasteiger partial charge in [0.05, 0.1) is 54.7 Å². The maximum Gasteiger partial charge on any atom is 0.279 e. The van der Waals surface area contributed by atoms with E-state index in [9.17, 15) is 14.7 Å². The van der Waals surface area contributed by atoms with Crippen LogP contribution in [0.3, 0.4) is 0 Å². The predicted molar refractivity (Wildman–Crippen MR) is 199 cm³/mol. The molecule has 0 radical (unpaired) electrons. The van der Waals surface area contributed by atoms with Crippen LogP contribution in [0.25, 0.3) is 16.5 Å². The number of carbonyl (C=O) groups excluding carboxylic acids is 2. The molecule has 0 bridgehead atoms. The number of rotatable bonds is 7.